The molecule has 0 saturated carbocycles. The number of nitrogens with zero attached hydrogens (tertiary/aromatic N) is 3. The molecule has 0 unspecified atom stereocenters. The Morgan fingerprint density at radius 1 is 1.00 bits per heavy atom. The van der Waals surface area contributed by atoms with E-state index in [-0.39, 0.29) is 5.69 Å². The molecular formula is C18H21N3O4. The smallest absolute Gasteiger partial charge is 0.356 e. The van der Waals surface area contributed by atoms with Gasteiger partial charge in [0.05, 0.1) is 21.3 Å². The van der Waals surface area contributed by atoms with Crippen LogP contribution in [0, 0.1) is 0 Å². The molecule has 25 heavy (non-hydrogen) atoms. The molecule has 0 aliphatic carbocycles. The van der Waals surface area contributed by atoms with E-state index in [1.165, 1.54) is 7.11 Å². The van der Waals surface area contributed by atoms with Crippen molar-refractivity contribution in [1.82, 2.24) is 9.97 Å². The number of carbonyl (C=O) groups excluding carboxylic acids is 1. The molecular weight excluding hydrogens is 322 g/mol. The average molecular weight is 343 g/mol. The number of hydrogen-bond donors (Lipinski definition) is 0. The van der Waals surface area contributed by atoms with Crippen LogP contribution in [0.1, 0.15) is 23.3 Å². The van der Waals surface area contributed by atoms with Crippen molar-refractivity contribution in [2.75, 3.05) is 39.3 Å². The molecule has 0 N–H and O–H groups in total. The summed E-state index contributed by atoms with van der Waals surface area (Å²) in [6.07, 6.45) is 2.23. The number of hydrogen-bond acceptors (Lipinski definition) is 7. The van der Waals surface area contributed by atoms with E-state index in [1.54, 1.807) is 32.4 Å². The fourth-order valence-corrected chi connectivity index (χ4v) is 2.86. The Kier molecular flexibility index (Phi) is 5.02. The Morgan fingerprint density at radius 3 is 2.36 bits per heavy atom. The Bertz CT molecular complexity index is 773. The second kappa shape index (κ2) is 7.38. The standard InChI is InChI=1S/C18H21N3O4/c1-23-14-7-6-12(10-15(14)24-2)17-19-13(18(22)25-3)11-16(20-17)21-8-4-5-9-21/h6-7,10-11H,4-5,8-9H2,1-3H3. The van der Waals surface area contributed by atoms with Gasteiger partial charge in [0, 0.05) is 24.7 Å². The summed E-state index contributed by atoms with van der Waals surface area (Å²) >= 11 is 0. The number of carbonyl (C=O) groups is 1. The number of rotatable bonds is 5. The average Bonchev–Trinajstić information content (AvgIpc) is 3.21. The predicted molar refractivity (Wildman–Crippen MR) is 93.4 cm³/mol. The van der Waals surface area contributed by atoms with Gasteiger partial charge in [-0.3, -0.25) is 0 Å². The minimum Gasteiger partial charge on any atom is -0.493 e. The van der Waals surface area contributed by atoms with Crippen LogP contribution in [0.3, 0.4) is 0 Å². The lowest BCUT2D eigenvalue weighted by Crippen LogP contribution is -2.20. The summed E-state index contributed by atoms with van der Waals surface area (Å²) in [5.41, 5.74) is 0.980. The first-order chi connectivity index (χ1) is 12.2. The van der Waals surface area contributed by atoms with E-state index < -0.39 is 5.97 Å². The fraction of sp³-hybridized carbons (Fsp3) is 0.389. The highest BCUT2D eigenvalue weighted by Crippen LogP contribution is 2.32. The molecule has 132 valence electrons. The van der Waals surface area contributed by atoms with Gasteiger partial charge in [-0.05, 0) is 31.0 Å². The Balaban J connectivity index is 2.07. The predicted octanol–water partition coefficient (Wildman–Crippen LogP) is 2.55. The summed E-state index contributed by atoms with van der Waals surface area (Å²) in [6, 6.07) is 7.10. The largest absolute Gasteiger partial charge is 0.493 e. The van der Waals surface area contributed by atoms with Gasteiger partial charge in [-0.25, -0.2) is 14.8 Å². The van der Waals surface area contributed by atoms with Crippen molar-refractivity contribution in [1.29, 1.82) is 0 Å². The molecule has 0 spiro atoms. The number of anilines is 1. The van der Waals surface area contributed by atoms with Gasteiger partial charge >= 0.3 is 5.97 Å². The lowest BCUT2D eigenvalue weighted by Gasteiger charge is -2.18. The highest BCUT2D eigenvalue weighted by molar-refractivity contribution is 5.88. The molecule has 7 nitrogen and oxygen atoms in total. The lowest BCUT2D eigenvalue weighted by molar-refractivity contribution is 0.0594. The minimum absolute atomic E-state index is 0.240. The van der Waals surface area contributed by atoms with E-state index >= 15 is 0 Å². The number of aromatic nitrogens is 2. The third-order valence-electron chi connectivity index (χ3n) is 4.18. The molecule has 1 aliphatic rings. The van der Waals surface area contributed by atoms with Crippen LogP contribution in [0.15, 0.2) is 24.3 Å². The van der Waals surface area contributed by atoms with Crippen LogP contribution in [0.2, 0.25) is 0 Å². The third kappa shape index (κ3) is 3.50. The summed E-state index contributed by atoms with van der Waals surface area (Å²) in [6.45, 7) is 1.84. The van der Waals surface area contributed by atoms with Gasteiger partial charge in [0.1, 0.15) is 5.82 Å². The second-order valence-corrected chi connectivity index (χ2v) is 5.69. The number of ether oxygens (including phenoxy) is 3. The summed E-state index contributed by atoms with van der Waals surface area (Å²) in [5, 5.41) is 0. The van der Waals surface area contributed by atoms with Crippen molar-refractivity contribution in [3.8, 4) is 22.9 Å². The molecule has 1 fully saturated rings. The summed E-state index contributed by atoms with van der Waals surface area (Å²) < 4.78 is 15.4. The van der Waals surface area contributed by atoms with Crippen LogP contribution >= 0.6 is 0 Å². The van der Waals surface area contributed by atoms with Crippen LogP contribution in [-0.2, 0) is 4.74 Å². The van der Waals surface area contributed by atoms with Crippen LogP contribution in [0.5, 0.6) is 11.5 Å². The van der Waals surface area contributed by atoms with E-state index in [2.05, 4.69) is 14.9 Å². The van der Waals surface area contributed by atoms with Gasteiger partial charge in [-0.2, -0.15) is 0 Å². The second-order valence-electron chi connectivity index (χ2n) is 5.69. The molecule has 1 saturated heterocycles. The Hall–Kier alpha value is -2.83. The van der Waals surface area contributed by atoms with Crippen molar-refractivity contribution in [2.45, 2.75) is 12.8 Å². The van der Waals surface area contributed by atoms with E-state index in [0.717, 1.165) is 37.3 Å². The van der Waals surface area contributed by atoms with E-state index in [1.807, 2.05) is 6.07 Å². The maximum Gasteiger partial charge on any atom is 0.356 e. The molecule has 0 radical (unpaired) electrons. The fourth-order valence-electron chi connectivity index (χ4n) is 2.86. The monoisotopic (exact) mass is 343 g/mol. The van der Waals surface area contributed by atoms with E-state index in [4.69, 9.17) is 14.2 Å². The van der Waals surface area contributed by atoms with Crippen molar-refractivity contribution < 1.29 is 19.0 Å². The van der Waals surface area contributed by atoms with E-state index in [0.29, 0.717) is 17.3 Å². The number of esters is 1. The molecule has 0 atom stereocenters. The van der Waals surface area contributed by atoms with Crippen molar-refractivity contribution in [3.05, 3.63) is 30.0 Å². The van der Waals surface area contributed by atoms with Gasteiger partial charge in [-0.1, -0.05) is 0 Å². The highest BCUT2D eigenvalue weighted by Gasteiger charge is 2.20. The van der Waals surface area contributed by atoms with Crippen LogP contribution in [-0.4, -0.2) is 50.4 Å². The van der Waals surface area contributed by atoms with Crippen molar-refractivity contribution >= 4 is 11.8 Å². The van der Waals surface area contributed by atoms with Crippen molar-refractivity contribution in [2.24, 2.45) is 0 Å². The molecule has 7 heteroatoms. The SMILES string of the molecule is COC(=O)c1cc(N2CCCC2)nc(-c2ccc(OC)c(OC)c2)n1. The zero-order valence-corrected chi connectivity index (χ0v) is 14.6. The Morgan fingerprint density at radius 2 is 1.72 bits per heavy atom. The lowest BCUT2D eigenvalue weighted by atomic mass is 10.2. The normalized spacial score (nSPS) is 13.6. The summed E-state index contributed by atoms with van der Waals surface area (Å²) in [4.78, 5) is 23.2. The van der Waals surface area contributed by atoms with E-state index in [9.17, 15) is 4.79 Å². The van der Waals surface area contributed by atoms with Crippen LogP contribution in [0.25, 0.3) is 11.4 Å². The quantitative estimate of drug-likeness (QED) is 0.772. The van der Waals surface area contributed by atoms with Crippen LogP contribution in [0.4, 0.5) is 5.82 Å². The molecule has 2 heterocycles. The first kappa shape index (κ1) is 17.0. The maximum absolute atomic E-state index is 12.0. The van der Waals surface area contributed by atoms with Gasteiger partial charge in [0.2, 0.25) is 0 Å². The maximum atomic E-state index is 12.0. The number of methoxy groups -OCH3 is 3. The van der Waals surface area contributed by atoms with Gasteiger partial charge in [0.25, 0.3) is 0 Å². The first-order valence-corrected chi connectivity index (χ1v) is 8.11. The van der Waals surface area contributed by atoms with Gasteiger partial charge < -0.3 is 19.1 Å². The summed E-state index contributed by atoms with van der Waals surface area (Å²) in [5.74, 6) is 1.90. The topological polar surface area (TPSA) is 73.8 Å². The molecule has 0 amide bonds. The Labute approximate surface area is 146 Å². The molecule has 3 rings (SSSR count). The molecule has 1 aliphatic heterocycles. The molecule has 0 bridgehead atoms. The minimum atomic E-state index is -0.482. The zero-order chi connectivity index (χ0) is 17.8. The van der Waals surface area contributed by atoms with Crippen molar-refractivity contribution in [3.63, 3.8) is 0 Å². The number of benzene rings is 1. The molecule has 2 aromatic rings. The third-order valence-corrected chi connectivity index (χ3v) is 4.18. The zero-order valence-electron chi connectivity index (χ0n) is 14.6. The molecule has 1 aromatic carbocycles. The summed E-state index contributed by atoms with van der Waals surface area (Å²) in [7, 11) is 4.50. The first-order valence-electron chi connectivity index (χ1n) is 8.11. The highest BCUT2D eigenvalue weighted by atomic mass is 16.5. The van der Waals surface area contributed by atoms with Gasteiger partial charge in [-0.15, -0.1) is 0 Å². The van der Waals surface area contributed by atoms with Crippen LogP contribution < -0.4 is 14.4 Å². The molecule has 1 aromatic heterocycles. The van der Waals surface area contributed by atoms with Gasteiger partial charge in [0.15, 0.2) is 23.0 Å².